The van der Waals surface area contributed by atoms with Crippen LogP contribution in [0.25, 0.3) is 22.3 Å². The van der Waals surface area contributed by atoms with E-state index in [1.54, 1.807) is 12.1 Å². The van der Waals surface area contributed by atoms with Crippen molar-refractivity contribution in [2.24, 2.45) is 0 Å². The van der Waals surface area contributed by atoms with Gasteiger partial charge in [-0.2, -0.15) is 0 Å². The molecule has 0 spiro atoms. The van der Waals surface area contributed by atoms with Crippen molar-refractivity contribution in [1.82, 2.24) is 9.97 Å². The van der Waals surface area contributed by atoms with Gasteiger partial charge in [-0.3, -0.25) is 10.8 Å². The molecular formula is C17H10N4O2. The van der Waals surface area contributed by atoms with Crippen molar-refractivity contribution in [3.63, 3.8) is 0 Å². The zero-order chi connectivity index (χ0) is 16.1. The monoisotopic (exact) mass is 302 g/mol. The average Bonchev–Trinajstić information content (AvgIpc) is 2.58. The van der Waals surface area contributed by atoms with E-state index in [0.717, 1.165) is 5.56 Å². The van der Waals surface area contributed by atoms with Crippen LogP contribution in [-0.4, -0.2) is 32.5 Å². The minimum absolute atomic E-state index is 0.0235. The van der Waals surface area contributed by atoms with Gasteiger partial charge in [0.15, 0.2) is 0 Å². The molecule has 3 aromatic rings. The maximum atomic E-state index is 11.1. The third-order valence-electron chi connectivity index (χ3n) is 3.85. The Morgan fingerprint density at radius 3 is 2.30 bits per heavy atom. The van der Waals surface area contributed by atoms with Gasteiger partial charge in [0.1, 0.15) is 11.4 Å². The molecule has 0 fully saturated rings. The molecule has 0 atom stereocenters. The topological polar surface area (TPSA) is 111 Å². The normalized spacial score (nSPS) is 12.9. The van der Waals surface area contributed by atoms with Crippen LogP contribution in [0.4, 0.5) is 0 Å². The van der Waals surface area contributed by atoms with E-state index in [1.807, 2.05) is 18.2 Å². The lowest BCUT2D eigenvalue weighted by molar-refractivity contribution is 0.0697. The van der Waals surface area contributed by atoms with Crippen LogP contribution < -0.4 is 0 Å². The Balaban J connectivity index is 2.07. The van der Waals surface area contributed by atoms with Crippen LogP contribution in [0.2, 0.25) is 0 Å². The number of hydrogen-bond acceptors (Lipinski definition) is 5. The molecule has 0 aliphatic heterocycles. The maximum absolute atomic E-state index is 11.1. The molecule has 0 bridgehead atoms. The van der Waals surface area contributed by atoms with Crippen molar-refractivity contribution in [1.29, 1.82) is 10.8 Å². The highest BCUT2D eigenvalue weighted by Crippen LogP contribution is 2.32. The van der Waals surface area contributed by atoms with Crippen LogP contribution in [-0.2, 0) is 0 Å². The Bertz CT molecular complexity index is 1040. The van der Waals surface area contributed by atoms with E-state index >= 15 is 0 Å². The summed E-state index contributed by atoms with van der Waals surface area (Å²) in [6, 6.07) is 11.7. The lowest BCUT2D eigenvalue weighted by Gasteiger charge is -2.20. The highest BCUT2D eigenvalue weighted by Gasteiger charge is 2.27. The fraction of sp³-hybridized carbons (Fsp3) is 0. The third kappa shape index (κ3) is 1.85. The van der Waals surface area contributed by atoms with Crippen LogP contribution in [0, 0.1) is 10.8 Å². The first-order valence-electron chi connectivity index (χ1n) is 6.89. The Hall–Kier alpha value is -3.41. The van der Waals surface area contributed by atoms with E-state index in [-0.39, 0.29) is 17.0 Å². The molecule has 23 heavy (non-hydrogen) atoms. The number of rotatable bonds is 1. The summed E-state index contributed by atoms with van der Waals surface area (Å²) < 4.78 is 0. The van der Waals surface area contributed by atoms with Crippen LogP contribution in [0.5, 0.6) is 0 Å². The smallest absolute Gasteiger partial charge is 0.335 e. The van der Waals surface area contributed by atoms with Crippen LogP contribution in [0.1, 0.15) is 21.6 Å². The number of carbonyl (C=O) groups is 1. The highest BCUT2D eigenvalue weighted by atomic mass is 16.4. The molecule has 110 valence electrons. The van der Waals surface area contributed by atoms with E-state index in [2.05, 4.69) is 9.97 Å². The third-order valence-corrected chi connectivity index (χ3v) is 3.85. The van der Waals surface area contributed by atoms with E-state index in [4.69, 9.17) is 15.9 Å². The number of nitrogens with one attached hydrogen (secondary N) is 2. The Morgan fingerprint density at radius 1 is 0.870 bits per heavy atom. The van der Waals surface area contributed by atoms with Gasteiger partial charge < -0.3 is 5.11 Å². The summed E-state index contributed by atoms with van der Waals surface area (Å²) in [6.45, 7) is 0. The molecule has 1 aliphatic carbocycles. The molecule has 1 aliphatic rings. The maximum Gasteiger partial charge on any atom is 0.335 e. The number of carboxylic acid groups (broad SMARTS) is 1. The molecule has 3 N–H and O–H groups in total. The van der Waals surface area contributed by atoms with Gasteiger partial charge >= 0.3 is 5.97 Å². The number of carboxylic acids is 1. The SMILES string of the molecule is N=C1C(=N)c2nc3ccc(C(=O)O)cc3nc2-c2ccccc21. The number of nitrogens with zero attached hydrogens (tertiary/aromatic N) is 2. The van der Waals surface area contributed by atoms with Gasteiger partial charge in [0, 0.05) is 11.1 Å². The molecule has 0 saturated carbocycles. The summed E-state index contributed by atoms with van der Waals surface area (Å²) in [6.07, 6.45) is 0. The first kappa shape index (κ1) is 13.3. The predicted molar refractivity (Wildman–Crippen MR) is 85.6 cm³/mol. The first-order chi connectivity index (χ1) is 11.1. The second kappa shape index (κ2) is 4.54. The van der Waals surface area contributed by atoms with Gasteiger partial charge in [-0.25, -0.2) is 14.8 Å². The van der Waals surface area contributed by atoms with E-state index in [9.17, 15) is 4.79 Å². The van der Waals surface area contributed by atoms with Gasteiger partial charge in [-0.15, -0.1) is 0 Å². The lowest BCUT2D eigenvalue weighted by Crippen LogP contribution is -2.23. The van der Waals surface area contributed by atoms with Gasteiger partial charge in [0.05, 0.1) is 28.0 Å². The summed E-state index contributed by atoms with van der Waals surface area (Å²) in [4.78, 5) is 20.1. The molecule has 0 saturated heterocycles. The second-order valence-electron chi connectivity index (χ2n) is 5.23. The summed E-state index contributed by atoms with van der Waals surface area (Å²) in [7, 11) is 0. The van der Waals surface area contributed by atoms with Crippen molar-refractivity contribution < 1.29 is 9.90 Å². The second-order valence-corrected chi connectivity index (χ2v) is 5.23. The van der Waals surface area contributed by atoms with Gasteiger partial charge in [0.25, 0.3) is 0 Å². The number of benzene rings is 2. The highest BCUT2D eigenvalue weighted by molar-refractivity contribution is 6.54. The molecule has 0 unspecified atom stereocenters. The molecule has 6 heteroatoms. The predicted octanol–water partition coefficient (Wildman–Crippen LogP) is 2.74. The zero-order valence-corrected chi connectivity index (χ0v) is 11.8. The average molecular weight is 302 g/mol. The standard InChI is InChI=1S/C17H10N4O2/c18-13-9-3-1-2-4-10(9)15-16(14(13)19)20-11-6-5-8(17(22)23)7-12(11)21-15/h1-7,18-19H,(H,22,23). The van der Waals surface area contributed by atoms with Crippen molar-refractivity contribution in [2.45, 2.75) is 0 Å². The molecule has 0 radical (unpaired) electrons. The lowest BCUT2D eigenvalue weighted by atomic mass is 9.88. The molecule has 1 aromatic heterocycles. The van der Waals surface area contributed by atoms with Crippen molar-refractivity contribution in [3.8, 4) is 11.3 Å². The van der Waals surface area contributed by atoms with Crippen LogP contribution in [0.3, 0.4) is 0 Å². The molecule has 6 nitrogen and oxygen atoms in total. The number of aromatic carboxylic acids is 1. The minimum Gasteiger partial charge on any atom is -0.478 e. The summed E-state index contributed by atoms with van der Waals surface area (Å²) >= 11 is 0. The summed E-state index contributed by atoms with van der Waals surface area (Å²) in [5.74, 6) is -1.03. The van der Waals surface area contributed by atoms with Crippen LogP contribution >= 0.6 is 0 Å². The molecular weight excluding hydrogens is 292 g/mol. The summed E-state index contributed by atoms with van der Waals surface area (Å²) in [5.41, 5.74) is 3.47. The van der Waals surface area contributed by atoms with Crippen molar-refractivity contribution >= 4 is 28.4 Å². The fourth-order valence-electron chi connectivity index (χ4n) is 2.71. The molecule has 0 amide bonds. The van der Waals surface area contributed by atoms with Crippen molar-refractivity contribution in [3.05, 3.63) is 59.3 Å². The molecule has 1 heterocycles. The number of aromatic nitrogens is 2. The van der Waals surface area contributed by atoms with E-state index in [1.165, 1.54) is 12.1 Å². The summed E-state index contributed by atoms with van der Waals surface area (Å²) in [5, 5.41) is 25.4. The van der Waals surface area contributed by atoms with E-state index < -0.39 is 5.97 Å². The Morgan fingerprint density at radius 2 is 1.57 bits per heavy atom. The molecule has 2 aromatic carbocycles. The quantitative estimate of drug-likeness (QED) is 0.641. The fourth-order valence-corrected chi connectivity index (χ4v) is 2.71. The molecule has 4 rings (SSSR count). The Labute approximate surface area is 130 Å². The minimum atomic E-state index is -1.03. The first-order valence-corrected chi connectivity index (χ1v) is 6.89. The van der Waals surface area contributed by atoms with Gasteiger partial charge in [-0.05, 0) is 18.2 Å². The van der Waals surface area contributed by atoms with Crippen molar-refractivity contribution in [2.75, 3.05) is 0 Å². The van der Waals surface area contributed by atoms with Gasteiger partial charge in [-0.1, -0.05) is 24.3 Å². The van der Waals surface area contributed by atoms with Gasteiger partial charge in [0.2, 0.25) is 0 Å². The Kier molecular flexibility index (Phi) is 2.62. The number of hydrogen-bond donors (Lipinski definition) is 3. The van der Waals surface area contributed by atoms with E-state index in [0.29, 0.717) is 28.0 Å². The van der Waals surface area contributed by atoms with Crippen LogP contribution in [0.15, 0.2) is 42.5 Å². The number of fused-ring (bicyclic) bond motifs is 4. The zero-order valence-electron chi connectivity index (χ0n) is 11.8. The largest absolute Gasteiger partial charge is 0.478 e.